The Bertz CT molecular complexity index is 1440. The monoisotopic (exact) mass is 510 g/mol. The van der Waals surface area contributed by atoms with Gasteiger partial charge in [0.25, 0.3) is 16.1 Å². The van der Waals surface area contributed by atoms with Crippen molar-refractivity contribution in [1.29, 1.82) is 0 Å². The van der Waals surface area contributed by atoms with E-state index in [4.69, 9.17) is 13.9 Å². The Morgan fingerprint density at radius 3 is 2.49 bits per heavy atom. The number of carbonyl (C=O) groups excluding carboxylic acids is 1. The zero-order valence-electron chi connectivity index (χ0n) is 18.9. The van der Waals surface area contributed by atoms with E-state index in [1.807, 2.05) is 4.72 Å². The van der Waals surface area contributed by atoms with Gasteiger partial charge < -0.3 is 18.8 Å². The average Bonchev–Trinajstić information content (AvgIpc) is 3.20. The van der Waals surface area contributed by atoms with Gasteiger partial charge in [0.15, 0.2) is 5.76 Å². The molecule has 1 aliphatic carbocycles. The SMILES string of the molecule is COc1ccc(OC2CC(=C(F)F)C2)cc1S(=O)(=O)NC(=O)c1cc2c(F)cc(N(C)C)cc2o1. The molecule has 1 fully saturated rings. The average molecular weight is 510 g/mol. The lowest BCUT2D eigenvalue weighted by Gasteiger charge is -2.29. The molecule has 0 bridgehead atoms. The molecule has 8 nitrogen and oxygen atoms in total. The van der Waals surface area contributed by atoms with Gasteiger partial charge in [0.1, 0.15) is 33.9 Å². The second-order valence-electron chi connectivity index (χ2n) is 8.10. The Hall–Kier alpha value is -3.67. The van der Waals surface area contributed by atoms with Gasteiger partial charge in [0.05, 0.1) is 12.5 Å². The van der Waals surface area contributed by atoms with E-state index in [2.05, 4.69) is 0 Å². The van der Waals surface area contributed by atoms with Crippen molar-refractivity contribution in [1.82, 2.24) is 4.72 Å². The van der Waals surface area contributed by atoms with Crippen LogP contribution in [0.1, 0.15) is 23.4 Å². The number of nitrogens with one attached hydrogen (secondary N) is 1. The minimum absolute atomic E-state index is 0.0106. The zero-order chi connectivity index (χ0) is 25.5. The number of ether oxygens (including phenoxy) is 2. The number of rotatable bonds is 7. The number of amides is 1. The maximum atomic E-state index is 14.4. The molecule has 0 saturated heterocycles. The Kier molecular flexibility index (Phi) is 6.41. The Morgan fingerprint density at radius 1 is 1.14 bits per heavy atom. The van der Waals surface area contributed by atoms with Gasteiger partial charge in [0, 0.05) is 56.4 Å². The second-order valence-corrected chi connectivity index (χ2v) is 9.75. The molecular formula is C23H21F3N2O6S. The smallest absolute Gasteiger partial charge is 0.300 e. The van der Waals surface area contributed by atoms with Crippen molar-refractivity contribution in [2.24, 2.45) is 0 Å². The number of anilines is 1. The van der Waals surface area contributed by atoms with Gasteiger partial charge in [-0.15, -0.1) is 0 Å². The molecular weight excluding hydrogens is 489 g/mol. The third kappa shape index (κ3) is 4.92. The highest BCUT2D eigenvalue weighted by atomic mass is 32.2. The molecule has 1 saturated carbocycles. The van der Waals surface area contributed by atoms with Gasteiger partial charge in [0.2, 0.25) is 0 Å². The maximum absolute atomic E-state index is 14.4. The van der Waals surface area contributed by atoms with Crippen LogP contribution in [-0.2, 0) is 10.0 Å². The number of carbonyl (C=O) groups is 1. The Labute approximate surface area is 199 Å². The molecule has 1 aromatic heterocycles. The first-order valence-electron chi connectivity index (χ1n) is 10.3. The van der Waals surface area contributed by atoms with Gasteiger partial charge in [-0.25, -0.2) is 17.5 Å². The number of hydrogen-bond donors (Lipinski definition) is 1. The van der Waals surface area contributed by atoms with Crippen LogP contribution in [0, 0.1) is 5.82 Å². The summed E-state index contributed by atoms with van der Waals surface area (Å²) in [6.45, 7) is 0. The molecule has 1 heterocycles. The van der Waals surface area contributed by atoms with Crippen LogP contribution in [0.25, 0.3) is 11.0 Å². The molecule has 12 heteroatoms. The Morgan fingerprint density at radius 2 is 1.86 bits per heavy atom. The van der Waals surface area contributed by atoms with Gasteiger partial charge in [-0.05, 0) is 18.2 Å². The lowest BCUT2D eigenvalue weighted by Crippen LogP contribution is -2.31. The van der Waals surface area contributed by atoms with Crippen molar-refractivity contribution in [3.05, 3.63) is 59.6 Å². The number of nitrogens with zero attached hydrogens (tertiary/aromatic N) is 1. The van der Waals surface area contributed by atoms with Gasteiger partial charge in [-0.3, -0.25) is 4.79 Å². The molecule has 0 radical (unpaired) electrons. The summed E-state index contributed by atoms with van der Waals surface area (Å²) in [4.78, 5) is 13.9. The molecule has 1 amide bonds. The van der Waals surface area contributed by atoms with Crippen molar-refractivity contribution in [2.45, 2.75) is 23.8 Å². The third-order valence-electron chi connectivity index (χ3n) is 5.48. The largest absolute Gasteiger partial charge is 0.495 e. The number of hydrogen-bond acceptors (Lipinski definition) is 7. The normalized spacial score (nSPS) is 15.5. The quantitative estimate of drug-likeness (QED) is 0.501. The topological polar surface area (TPSA) is 98.1 Å². The molecule has 186 valence electrons. The number of sulfonamides is 1. The standard InChI is InChI=1S/C23H21F3N2O6S/c1-28(2)13-8-17(24)16-11-20(34-19(16)9-13)23(29)27-35(30,31)21-10-14(4-5-18(21)32-3)33-15-6-12(7-15)22(25)26/h4-5,8-11,15H,6-7H2,1-3H3,(H,27,29). The van der Waals surface area contributed by atoms with Crippen molar-refractivity contribution >= 4 is 32.6 Å². The number of halogens is 3. The van der Waals surface area contributed by atoms with E-state index in [9.17, 15) is 26.4 Å². The van der Waals surface area contributed by atoms with Gasteiger partial charge >= 0.3 is 5.91 Å². The van der Waals surface area contributed by atoms with Crippen molar-refractivity contribution in [3.8, 4) is 11.5 Å². The summed E-state index contributed by atoms with van der Waals surface area (Å²) in [5, 5.41) is 0.0183. The number of fused-ring (bicyclic) bond motifs is 1. The van der Waals surface area contributed by atoms with Crippen LogP contribution in [0.4, 0.5) is 18.9 Å². The molecule has 0 spiro atoms. The van der Waals surface area contributed by atoms with E-state index in [-0.39, 0.29) is 40.9 Å². The summed E-state index contributed by atoms with van der Waals surface area (Å²) >= 11 is 0. The van der Waals surface area contributed by atoms with Crippen LogP contribution in [-0.4, -0.2) is 41.6 Å². The van der Waals surface area contributed by atoms with Crippen LogP contribution in [0.15, 0.2) is 57.4 Å². The fourth-order valence-corrected chi connectivity index (χ4v) is 4.68. The number of furan rings is 1. The van der Waals surface area contributed by atoms with Crippen LogP contribution >= 0.6 is 0 Å². The second kappa shape index (κ2) is 9.17. The molecule has 0 unspecified atom stereocenters. The summed E-state index contributed by atoms with van der Waals surface area (Å²) in [5.74, 6) is -2.14. The number of benzene rings is 2. The molecule has 4 rings (SSSR count). The molecule has 3 aromatic rings. The van der Waals surface area contributed by atoms with Crippen molar-refractivity contribution < 1.29 is 40.3 Å². The minimum Gasteiger partial charge on any atom is -0.495 e. The summed E-state index contributed by atoms with van der Waals surface area (Å²) in [7, 11) is 0.164. The highest BCUT2D eigenvalue weighted by molar-refractivity contribution is 7.90. The van der Waals surface area contributed by atoms with E-state index in [0.29, 0.717) is 5.69 Å². The van der Waals surface area contributed by atoms with E-state index >= 15 is 0 Å². The molecule has 0 aliphatic heterocycles. The van der Waals surface area contributed by atoms with Crippen LogP contribution in [0.5, 0.6) is 11.5 Å². The maximum Gasteiger partial charge on any atom is 0.300 e. The summed E-state index contributed by atoms with van der Waals surface area (Å²) in [6.07, 6.45) is -2.20. The first-order valence-corrected chi connectivity index (χ1v) is 11.8. The predicted molar refractivity (Wildman–Crippen MR) is 121 cm³/mol. The minimum atomic E-state index is -4.49. The van der Waals surface area contributed by atoms with E-state index in [1.54, 1.807) is 19.0 Å². The Balaban J connectivity index is 1.58. The highest BCUT2D eigenvalue weighted by Crippen LogP contribution is 2.36. The molecule has 0 atom stereocenters. The van der Waals surface area contributed by atoms with E-state index in [0.717, 1.165) is 12.1 Å². The van der Waals surface area contributed by atoms with Crippen LogP contribution < -0.4 is 19.1 Å². The van der Waals surface area contributed by atoms with Crippen LogP contribution in [0.2, 0.25) is 0 Å². The first-order chi connectivity index (χ1) is 16.5. The van der Waals surface area contributed by atoms with Gasteiger partial charge in [-0.1, -0.05) is 0 Å². The fraction of sp³-hybridized carbons (Fsp3) is 0.261. The number of methoxy groups -OCH3 is 1. The van der Waals surface area contributed by atoms with Gasteiger partial charge in [-0.2, -0.15) is 8.78 Å². The molecule has 35 heavy (non-hydrogen) atoms. The first kappa shape index (κ1) is 24.5. The summed E-state index contributed by atoms with van der Waals surface area (Å²) in [5.41, 5.74) is 0.556. The molecule has 1 aliphatic rings. The highest BCUT2D eigenvalue weighted by Gasteiger charge is 2.30. The summed E-state index contributed by atoms with van der Waals surface area (Å²) < 4.78 is 83.5. The molecule has 2 aromatic carbocycles. The van der Waals surface area contributed by atoms with Crippen molar-refractivity contribution in [2.75, 3.05) is 26.1 Å². The lowest BCUT2D eigenvalue weighted by atomic mass is 9.90. The zero-order valence-corrected chi connectivity index (χ0v) is 19.7. The third-order valence-corrected chi connectivity index (χ3v) is 6.83. The van der Waals surface area contributed by atoms with E-state index in [1.165, 1.54) is 31.4 Å². The summed E-state index contributed by atoms with van der Waals surface area (Å²) in [6, 6.07) is 7.76. The molecule has 1 N–H and O–H groups in total. The lowest BCUT2D eigenvalue weighted by molar-refractivity contribution is 0.0956. The predicted octanol–water partition coefficient (Wildman–Crippen LogP) is 4.46. The fourth-order valence-electron chi connectivity index (χ4n) is 3.54. The van der Waals surface area contributed by atoms with Crippen LogP contribution in [0.3, 0.4) is 0 Å². The van der Waals surface area contributed by atoms with E-state index < -0.39 is 44.6 Å². The van der Waals surface area contributed by atoms with Crippen molar-refractivity contribution in [3.63, 3.8) is 0 Å².